The van der Waals surface area contributed by atoms with Gasteiger partial charge in [-0.05, 0) is 23.3 Å². The second-order valence-electron chi connectivity index (χ2n) is 4.76. The van der Waals surface area contributed by atoms with E-state index in [0.717, 1.165) is 0 Å². The van der Waals surface area contributed by atoms with E-state index >= 15 is 0 Å². The van der Waals surface area contributed by atoms with Gasteiger partial charge in [-0.2, -0.15) is 0 Å². The lowest BCUT2D eigenvalue weighted by molar-refractivity contribution is 0.960. The number of anilines is 1. The Hall–Kier alpha value is -1.78. The van der Waals surface area contributed by atoms with Crippen LogP contribution >= 0.6 is 23.4 Å². The number of nitrogen functional groups attached to an aromatic ring is 1. The highest BCUT2D eigenvalue weighted by Gasteiger charge is 2.11. The molecule has 3 aromatic rings. The summed E-state index contributed by atoms with van der Waals surface area (Å²) < 4.78 is 0. The van der Waals surface area contributed by atoms with Gasteiger partial charge in [0.2, 0.25) is 0 Å². The Morgan fingerprint density at radius 1 is 1.05 bits per heavy atom. The van der Waals surface area contributed by atoms with Gasteiger partial charge in [-0.3, -0.25) is 0 Å². The van der Waals surface area contributed by atoms with E-state index in [-0.39, 0.29) is 5.25 Å². The van der Waals surface area contributed by atoms with E-state index in [9.17, 15) is 0 Å². The van der Waals surface area contributed by atoms with E-state index in [1.165, 1.54) is 16.3 Å². The Morgan fingerprint density at radius 2 is 1.81 bits per heavy atom. The fourth-order valence-corrected chi connectivity index (χ4v) is 3.30. The van der Waals surface area contributed by atoms with Crippen molar-refractivity contribution in [3.8, 4) is 0 Å². The number of nitrogens with two attached hydrogens (primary N) is 1. The van der Waals surface area contributed by atoms with Gasteiger partial charge in [0.1, 0.15) is 11.0 Å². The summed E-state index contributed by atoms with van der Waals surface area (Å²) in [6, 6.07) is 16.3. The molecule has 1 unspecified atom stereocenters. The molecule has 0 saturated carbocycles. The Labute approximate surface area is 132 Å². The molecule has 0 saturated heterocycles. The maximum absolute atomic E-state index is 5.91. The number of thioether (sulfide) groups is 1. The van der Waals surface area contributed by atoms with E-state index in [2.05, 4.69) is 47.2 Å². The third kappa shape index (κ3) is 3.28. The highest BCUT2D eigenvalue weighted by atomic mass is 35.5. The van der Waals surface area contributed by atoms with Crippen molar-refractivity contribution in [2.45, 2.75) is 17.3 Å². The summed E-state index contributed by atoms with van der Waals surface area (Å²) in [5, 5.41) is 3.65. The molecular weight excluding hydrogens is 302 g/mol. The van der Waals surface area contributed by atoms with Gasteiger partial charge in [0.05, 0.1) is 0 Å². The molecule has 0 radical (unpaired) electrons. The Balaban J connectivity index is 1.87. The Morgan fingerprint density at radius 3 is 2.57 bits per heavy atom. The van der Waals surface area contributed by atoms with Crippen LogP contribution in [-0.4, -0.2) is 9.97 Å². The lowest BCUT2D eigenvalue weighted by Crippen LogP contribution is -1.97. The average molecular weight is 316 g/mol. The normalized spacial score (nSPS) is 12.5. The third-order valence-corrected chi connectivity index (χ3v) is 4.43. The molecule has 0 aliphatic rings. The van der Waals surface area contributed by atoms with Gasteiger partial charge in [-0.1, -0.05) is 65.8 Å². The largest absolute Gasteiger partial charge is 0.384 e. The highest BCUT2D eigenvalue weighted by molar-refractivity contribution is 7.99. The maximum Gasteiger partial charge on any atom is 0.191 e. The van der Waals surface area contributed by atoms with E-state index in [1.54, 1.807) is 17.8 Å². The van der Waals surface area contributed by atoms with Crippen molar-refractivity contribution in [2.24, 2.45) is 0 Å². The van der Waals surface area contributed by atoms with Crippen LogP contribution in [0, 0.1) is 0 Å². The van der Waals surface area contributed by atoms with E-state index in [1.807, 2.05) is 12.1 Å². The molecule has 1 heterocycles. The molecular formula is C16H14ClN3S. The van der Waals surface area contributed by atoms with Crippen molar-refractivity contribution < 1.29 is 0 Å². The Bertz CT molecular complexity index is 771. The van der Waals surface area contributed by atoms with Crippen molar-refractivity contribution in [1.82, 2.24) is 9.97 Å². The van der Waals surface area contributed by atoms with Crippen LogP contribution in [0.4, 0.5) is 5.82 Å². The number of benzene rings is 2. The van der Waals surface area contributed by atoms with Crippen molar-refractivity contribution in [3.05, 3.63) is 59.2 Å². The van der Waals surface area contributed by atoms with Crippen LogP contribution in [-0.2, 0) is 0 Å². The molecule has 0 amide bonds. The number of hydrogen-bond acceptors (Lipinski definition) is 4. The lowest BCUT2D eigenvalue weighted by Gasteiger charge is -2.12. The van der Waals surface area contributed by atoms with Crippen molar-refractivity contribution in [1.29, 1.82) is 0 Å². The van der Waals surface area contributed by atoms with E-state index < -0.39 is 0 Å². The minimum atomic E-state index is 0.215. The van der Waals surface area contributed by atoms with Crippen LogP contribution in [0.1, 0.15) is 17.7 Å². The van der Waals surface area contributed by atoms with Crippen LogP contribution in [0.25, 0.3) is 10.8 Å². The van der Waals surface area contributed by atoms with E-state index in [0.29, 0.717) is 16.1 Å². The predicted molar refractivity (Wildman–Crippen MR) is 89.7 cm³/mol. The first kappa shape index (κ1) is 14.2. The quantitative estimate of drug-likeness (QED) is 0.431. The molecule has 21 heavy (non-hydrogen) atoms. The molecule has 1 aromatic heterocycles. The fraction of sp³-hybridized carbons (Fsp3) is 0.125. The molecule has 0 fully saturated rings. The van der Waals surface area contributed by atoms with Gasteiger partial charge in [0, 0.05) is 11.3 Å². The molecule has 2 aromatic carbocycles. The molecule has 0 aliphatic heterocycles. The molecule has 3 nitrogen and oxygen atoms in total. The molecule has 0 spiro atoms. The van der Waals surface area contributed by atoms with Gasteiger partial charge in [0.25, 0.3) is 0 Å². The molecule has 5 heteroatoms. The third-order valence-electron chi connectivity index (χ3n) is 3.22. The van der Waals surface area contributed by atoms with Gasteiger partial charge in [-0.15, -0.1) is 0 Å². The van der Waals surface area contributed by atoms with Gasteiger partial charge < -0.3 is 5.73 Å². The van der Waals surface area contributed by atoms with Crippen molar-refractivity contribution >= 4 is 40.0 Å². The number of hydrogen-bond donors (Lipinski definition) is 1. The first-order valence-corrected chi connectivity index (χ1v) is 7.83. The molecule has 2 N–H and O–H groups in total. The number of rotatable bonds is 3. The summed E-state index contributed by atoms with van der Waals surface area (Å²) in [6.07, 6.45) is 0. The number of fused-ring (bicyclic) bond motifs is 1. The molecule has 3 rings (SSSR count). The summed E-state index contributed by atoms with van der Waals surface area (Å²) in [4.78, 5) is 8.41. The molecule has 0 bridgehead atoms. The van der Waals surface area contributed by atoms with Crippen LogP contribution in [0.2, 0.25) is 5.15 Å². The zero-order chi connectivity index (χ0) is 14.8. The second kappa shape index (κ2) is 5.92. The minimum absolute atomic E-state index is 0.215. The summed E-state index contributed by atoms with van der Waals surface area (Å²) in [5.41, 5.74) is 6.92. The van der Waals surface area contributed by atoms with Crippen LogP contribution in [0.3, 0.4) is 0 Å². The van der Waals surface area contributed by atoms with Crippen molar-refractivity contribution in [3.63, 3.8) is 0 Å². The number of halogens is 1. The van der Waals surface area contributed by atoms with Crippen molar-refractivity contribution in [2.75, 3.05) is 5.73 Å². The predicted octanol–water partition coefficient (Wildman–Crippen LogP) is 4.72. The first-order valence-electron chi connectivity index (χ1n) is 6.57. The highest BCUT2D eigenvalue weighted by Crippen LogP contribution is 2.34. The number of nitrogens with zero attached hydrogens (tertiary/aromatic N) is 2. The zero-order valence-corrected chi connectivity index (χ0v) is 13.0. The number of aromatic nitrogens is 2. The maximum atomic E-state index is 5.91. The van der Waals surface area contributed by atoms with Crippen LogP contribution in [0.5, 0.6) is 0 Å². The fourth-order valence-electron chi connectivity index (χ4n) is 2.15. The van der Waals surface area contributed by atoms with Crippen LogP contribution < -0.4 is 5.73 Å². The molecule has 0 aliphatic carbocycles. The summed E-state index contributed by atoms with van der Waals surface area (Å²) in [5.74, 6) is 0.392. The molecule has 1 atom stereocenters. The SMILES string of the molecule is CC(Sc1nc(N)cc(Cl)n1)c1ccc2ccccc2c1. The summed E-state index contributed by atoms with van der Waals surface area (Å²) in [6.45, 7) is 2.12. The summed E-state index contributed by atoms with van der Waals surface area (Å²) >= 11 is 7.46. The zero-order valence-electron chi connectivity index (χ0n) is 11.5. The van der Waals surface area contributed by atoms with Gasteiger partial charge >= 0.3 is 0 Å². The average Bonchev–Trinajstić information content (AvgIpc) is 2.45. The minimum Gasteiger partial charge on any atom is -0.384 e. The standard InChI is InChI=1S/C16H14ClN3S/c1-10(21-16-19-14(17)9-15(18)20-16)12-7-6-11-4-2-3-5-13(11)8-12/h2-10H,1H3,(H2,18,19,20). The lowest BCUT2D eigenvalue weighted by atomic mass is 10.1. The van der Waals surface area contributed by atoms with Crippen LogP contribution in [0.15, 0.2) is 53.7 Å². The monoisotopic (exact) mass is 315 g/mol. The summed E-state index contributed by atoms with van der Waals surface area (Å²) in [7, 11) is 0. The second-order valence-corrected chi connectivity index (χ2v) is 6.46. The topological polar surface area (TPSA) is 51.8 Å². The Kier molecular flexibility index (Phi) is 3.99. The van der Waals surface area contributed by atoms with E-state index in [4.69, 9.17) is 17.3 Å². The molecule has 106 valence electrons. The van der Waals surface area contributed by atoms with Gasteiger partial charge in [0.15, 0.2) is 5.16 Å². The van der Waals surface area contributed by atoms with Gasteiger partial charge in [-0.25, -0.2) is 9.97 Å². The first-order chi connectivity index (χ1) is 10.1. The smallest absolute Gasteiger partial charge is 0.191 e.